The SMILES string of the molecule is COCCC(C)N1CCN(c2ncccc2N)CC1. The van der Waals surface area contributed by atoms with Gasteiger partial charge < -0.3 is 15.4 Å². The fraction of sp³-hybridized carbons (Fsp3) is 0.643. The van der Waals surface area contributed by atoms with Gasteiger partial charge in [0.2, 0.25) is 0 Å². The van der Waals surface area contributed by atoms with Crippen molar-refractivity contribution < 1.29 is 4.74 Å². The molecular weight excluding hydrogens is 240 g/mol. The van der Waals surface area contributed by atoms with Crippen LogP contribution in [0.5, 0.6) is 0 Å². The molecule has 1 saturated heterocycles. The average molecular weight is 264 g/mol. The minimum atomic E-state index is 0.572. The van der Waals surface area contributed by atoms with Crippen molar-refractivity contribution in [1.82, 2.24) is 9.88 Å². The van der Waals surface area contributed by atoms with E-state index in [9.17, 15) is 0 Å². The van der Waals surface area contributed by atoms with Crippen LogP contribution in [0.3, 0.4) is 0 Å². The van der Waals surface area contributed by atoms with Gasteiger partial charge in [-0.2, -0.15) is 0 Å². The van der Waals surface area contributed by atoms with Crippen LogP contribution in [0.1, 0.15) is 13.3 Å². The van der Waals surface area contributed by atoms with Gasteiger partial charge in [-0.25, -0.2) is 4.98 Å². The van der Waals surface area contributed by atoms with E-state index in [-0.39, 0.29) is 0 Å². The van der Waals surface area contributed by atoms with Crippen molar-refractivity contribution >= 4 is 11.5 Å². The van der Waals surface area contributed by atoms with E-state index >= 15 is 0 Å². The second kappa shape index (κ2) is 6.73. The first-order chi connectivity index (χ1) is 9.22. The quantitative estimate of drug-likeness (QED) is 0.866. The second-order valence-corrected chi connectivity index (χ2v) is 5.07. The summed E-state index contributed by atoms with van der Waals surface area (Å²) in [5, 5.41) is 0. The molecule has 0 amide bonds. The van der Waals surface area contributed by atoms with Gasteiger partial charge >= 0.3 is 0 Å². The third kappa shape index (κ3) is 3.58. The van der Waals surface area contributed by atoms with Gasteiger partial charge in [-0.05, 0) is 25.5 Å². The van der Waals surface area contributed by atoms with Crippen molar-refractivity contribution in [2.24, 2.45) is 0 Å². The number of ether oxygens (including phenoxy) is 1. The number of hydrogen-bond donors (Lipinski definition) is 1. The molecule has 5 nitrogen and oxygen atoms in total. The zero-order chi connectivity index (χ0) is 13.7. The van der Waals surface area contributed by atoms with Gasteiger partial charge in [-0.15, -0.1) is 0 Å². The van der Waals surface area contributed by atoms with E-state index in [2.05, 4.69) is 21.7 Å². The lowest BCUT2D eigenvalue weighted by Gasteiger charge is -2.38. The molecule has 2 rings (SSSR count). The van der Waals surface area contributed by atoms with E-state index in [0.29, 0.717) is 6.04 Å². The van der Waals surface area contributed by atoms with Gasteiger partial charge in [0.1, 0.15) is 0 Å². The topological polar surface area (TPSA) is 54.6 Å². The fourth-order valence-electron chi connectivity index (χ4n) is 2.52. The van der Waals surface area contributed by atoms with Crippen LogP contribution in [0.25, 0.3) is 0 Å². The van der Waals surface area contributed by atoms with Gasteiger partial charge in [-0.3, -0.25) is 4.90 Å². The Hall–Kier alpha value is -1.33. The first-order valence-corrected chi connectivity index (χ1v) is 6.91. The number of methoxy groups -OCH3 is 1. The smallest absolute Gasteiger partial charge is 0.151 e. The molecule has 0 aromatic carbocycles. The Balaban J connectivity index is 1.87. The summed E-state index contributed by atoms with van der Waals surface area (Å²) in [4.78, 5) is 9.17. The number of nitrogen functional groups attached to an aromatic ring is 1. The van der Waals surface area contributed by atoms with Crippen molar-refractivity contribution in [3.05, 3.63) is 18.3 Å². The minimum Gasteiger partial charge on any atom is -0.396 e. The van der Waals surface area contributed by atoms with Crippen molar-refractivity contribution in [1.29, 1.82) is 0 Å². The zero-order valence-corrected chi connectivity index (χ0v) is 11.9. The van der Waals surface area contributed by atoms with Crippen molar-refractivity contribution in [2.75, 3.05) is 50.5 Å². The number of hydrogen-bond acceptors (Lipinski definition) is 5. The molecule has 1 aliphatic heterocycles. The van der Waals surface area contributed by atoms with E-state index in [0.717, 1.165) is 50.7 Å². The molecule has 0 radical (unpaired) electrons. The highest BCUT2D eigenvalue weighted by molar-refractivity contribution is 5.62. The molecule has 1 aromatic rings. The minimum absolute atomic E-state index is 0.572. The third-order valence-corrected chi connectivity index (χ3v) is 3.79. The van der Waals surface area contributed by atoms with Crippen molar-refractivity contribution in [3.63, 3.8) is 0 Å². The van der Waals surface area contributed by atoms with Crippen LogP contribution < -0.4 is 10.6 Å². The summed E-state index contributed by atoms with van der Waals surface area (Å²) in [7, 11) is 1.76. The Kier molecular flexibility index (Phi) is 4.99. The van der Waals surface area contributed by atoms with Crippen LogP contribution >= 0.6 is 0 Å². The molecule has 1 fully saturated rings. The maximum atomic E-state index is 5.98. The molecule has 1 aliphatic rings. The Morgan fingerprint density at radius 2 is 2.11 bits per heavy atom. The normalized spacial score (nSPS) is 18.5. The maximum absolute atomic E-state index is 5.98. The standard InChI is InChI=1S/C14H24N4O/c1-12(5-11-19-2)17-7-9-18(10-8-17)14-13(15)4-3-6-16-14/h3-4,6,12H,5,7-11,15H2,1-2H3. The molecule has 0 spiro atoms. The van der Waals surface area contributed by atoms with E-state index in [1.165, 1.54) is 0 Å². The van der Waals surface area contributed by atoms with Crippen LogP contribution in [-0.4, -0.2) is 55.8 Å². The highest BCUT2D eigenvalue weighted by Gasteiger charge is 2.22. The summed E-state index contributed by atoms with van der Waals surface area (Å²) in [6, 6.07) is 4.36. The lowest BCUT2D eigenvalue weighted by molar-refractivity contribution is 0.133. The van der Waals surface area contributed by atoms with Crippen LogP contribution in [0.2, 0.25) is 0 Å². The van der Waals surface area contributed by atoms with Gasteiger partial charge in [0.25, 0.3) is 0 Å². The molecule has 0 saturated carbocycles. The highest BCUT2D eigenvalue weighted by atomic mass is 16.5. The molecule has 106 valence electrons. The number of anilines is 2. The average Bonchev–Trinajstić information content (AvgIpc) is 2.45. The molecule has 0 bridgehead atoms. The summed E-state index contributed by atoms with van der Waals surface area (Å²) in [6.45, 7) is 7.18. The maximum Gasteiger partial charge on any atom is 0.151 e. The predicted octanol–water partition coefficient (Wildman–Crippen LogP) is 1.21. The molecular formula is C14H24N4O. The van der Waals surface area contributed by atoms with E-state index in [4.69, 9.17) is 10.5 Å². The summed E-state index contributed by atoms with van der Waals surface area (Å²) in [5.74, 6) is 0.923. The van der Waals surface area contributed by atoms with Gasteiger partial charge in [-0.1, -0.05) is 0 Å². The van der Waals surface area contributed by atoms with Crippen LogP contribution in [-0.2, 0) is 4.74 Å². The summed E-state index contributed by atoms with van der Waals surface area (Å²) in [6.07, 6.45) is 2.89. The molecule has 1 unspecified atom stereocenters. The number of piperazine rings is 1. The Morgan fingerprint density at radius 3 is 2.74 bits per heavy atom. The summed E-state index contributed by atoms with van der Waals surface area (Å²) < 4.78 is 5.15. The van der Waals surface area contributed by atoms with E-state index in [1.54, 1.807) is 13.3 Å². The number of nitrogens with zero attached hydrogens (tertiary/aromatic N) is 3. The number of nitrogens with two attached hydrogens (primary N) is 1. The van der Waals surface area contributed by atoms with Crippen LogP contribution in [0.4, 0.5) is 11.5 Å². The van der Waals surface area contributed by atoms with Crippen molar-refractivity contribution in [3.8, 4) is 0 Å². The molecule has 2 heterocycles. The monoisotopic (exact) mass is 264 g/mol. The third-order valence-electron chi connectivity index (χ3n) is 3.79. The predicted molar refractivity (Wildman–Crippen MR) is 78.4 cm³/mol. The first kappa shape index (κ1) is 14.1. The van der Waals surface area contributed by atoms with Crippen LogP contribution in [0, 0.1) is 0 Å². The zero-order valence-electron chi connectivity index (χ0n) is 11.9. The first-order valence-electron chi connectivity index (χ1n) is 6.91. The Bertz CT molecular complexity index is 391. The van der Waals surface area contributed by atoms with Gasteiger partial charge in [0.05, 0.1) is 5.69 Å². The summed E-state index contributed by atoms with van der Waals surface area (Å²) >= 11 is 0. The molecule has 19 heavy (non-hydrogen) atoms. The molecule has 0 aliphatic carbocycles. The number of rotatable bonds is 5. The Morgan fingerprint density at radius 1 is 1.37 bits per heavy atom. The number of pyridine rings is 1. The van der Waals surface area contributed by atoms with Crippen LogP contribution in [0.15, 0.2) is 18.3 Å². The lowest BCUT2D eigenvalue weighted by Crippen LogP contribution is -2.50. The largest absolute Gasteiger partial charge is 0.396 e. The number of aromatic nitrogens is 1. The van der Waals surface area contributed by atoms with E-state index in [1.807, 2.05) is 12.1 Å². The molecule has 1 atom stereocenters. The van der Waals surface area contributed by atoms with Crippen molar-refractivity contribution in [2.45, 2.75) is 19.4 Å². The van der Waals surface area contributed by atoms with E-state index < -0.39 is 0 Å². The second-order valence-electron chi connectivity index (χ2n) is 5.07. The van der Waals surface area contributed by atoms with Gasteiger partial charge in [0, 0.05) is 52.1 Å². The lowest BCUT2D eigenvalue weighted by atomic mass is 10.2. The molecule has 1 aromatic heterocycles. The summed E-state index contributed by atoms with van der Waals surface area (Å²) in [5.41, 5.74) is 6.74. The Labute approximate surface area is 115 Å². The molecule has 2 N–H and O–H groups in total. The fourth-order valence-corrected chi connectivity index (χ4v) is 2.52. The molecule has 5 heteroatoms. The van der Waals surface area contributed by atoms with Gasteiger partial charge in [0.15, 0.2) is 5.82 Å². The highest BCUT2D eigenvalue weighted by Crippen LogP contribution is 2.21.